The van der Waals surface area contributed by atoms with E-state index in [1.165, 1.54) is 23.2 Å². The Kier molecular flexibility index (Phi) is 7.15. The zero-order valence-corrected chi connectivity index (χ0v) is 21.6. The molecule has 4 aromatic rings. The van der Waals surface area contributed by atoms with Crippen molar-refractivity contribution in [3.63, 3.8) is 0 Å². The summed E-state index contributed by atoms with van der Waals surface area (Å²) in [4.78, 5) is 33.0. The number of carbonyl (C=O) groups excluding carboxylic acids is 1. The van der Waals surface area contributed by atoms with E-state index in [4.69, 9.17) is 9.72 Å². The number of hydrazone groups is 1. The number of aromatic hydroxyl groups is 2. The van der Waals surface area contributed by atoms with E-state index < -0.39 is 0 Å². The van der Waals surface area contributed by atoms with Gasteiger partial charge in [-0.3, -0.25) is 14.2 Å². The van der Waals surface area contributed by atoms with Gasteiger partial charge in [-0.05, 0) is 79.3 Å². The third kappa shape index (κ3) is 5.18. The molecule has 0 aliphatic heterocycles. The second-order valence-electron chi connectivity index (χ2n) is 8.45. The topological polar surface area (TPSA) is 126 Å². The smallest absolute Gasteiger partial charge is 0.267 e. The van der Waals surface area contributed by atoms with Gasteiger partial charge in [-0.2, -0.15) is 5.10 Å². The molecule has 37 heavy (non-hydrogen) atoms. The first kappa shape index (κ1) is 24.8. The highest BCUT2D eigenvalue weighted by atomic mass is 32.2. The summed E-state index contributed by atoms with van der Waals surface area (Å²) < 4.78 is 6.82. The second-order valence-corrected chi connectivity index (χ2v) is 10.5. The predicted octanol–water partition coefficient (Wildman–Crippen LogP) is 3.99. The maximum atomic E-state index is 13.8. The van der Waals surface area contributed by atoms with Crippen molar-refractivity contribution >= 4 is 45.4 Å². The maximum Gasteiger partial charge on any atom is 0.267 e. The summed E-state index contributed by atoms with van der Waals surface area (Å²) >= 11 is 2.72. The lowest BCUT2D eigenvalue weighted by atomic mass is 9.97. The average molecular weight is 537 g/mol. The number of aromatic nitrogens is 2. The number of nitrogens with one attached hydrogen (secondary N) is 1. The lowest BCUT2D eigenvalue weighted by Crippen LogP contribution is -2.24. The monoisotopic (exact) mass is 536 g/mol. The molecule has 11 heteroatoms. The van der Waals surface area contributed by atoms with E-state index >= 15 is 0 Å². The molecule has 0 atom stereocenters. The highest BCUT2D eigenvalue weighted by Crippen LogP contribution is 2.35. The van der Waals surface area contributed by atoms with Crippen molar-refractivity contribution in [3.05, 3.63) is 68.8 Å². The van der Waals surface area contributed by atoms with Gasteiger partial charge in [-0.15, -0.1) is 11.3 Å². The predicted molar refractivity (Wildman–Crippen MR) is 145 cm³/mol. The molecule has 1 aliphatic carbocycles. The molecule has 5 rings (SSSR count). The Bertz CT molecular complexity index is 1560. The van der Waals surface area contributed by atoms with Gasteiger partial charge in [0.2, 0.25) is 0 Å². The molecule has 1 amide bonds. The first-order valence-corrected chi connectivity index (χ1v) is 13.4. The summed E-state index contributed by atoms with van der Waals surface area (Å²) in [5, 5.41) is 24.0. The Hall–Kier alpha value is -3.83. The third-order valence-corrected chi connectivity index (χ3v) is 8.15. The van der Waals surface area contributed by atoms with E-state index in [1.807, 2.05) is 0 Å². The van der Waals surface area contributed by atoms with Gasteiger partial charge in [0.25, 0.3) is 11.5 Å². The van der Waals surface area contributed by atoms with Crippen molar-refractivity contribution in [1.82, 2.24) is 15.0 Å². The summed E-state index contributed by atoms with van der Waals surface area (Å²) in [5.41, 5.74) is 4.56. The van der Waals surface area contributed by atoms with Crippen molar-refractivity contribution in [2.45, 2.75) is 30.8 Å². The molecule has 0 saturated carbocycles. The molecule has 0 radical (unpaired) electrons. The normalized spacial score (nSPS) is 13.1. The molecular weight excluding hydrogens is 512 g/mol. The number of amides is 1. The molecule has 0 unspecified atom stereocenters. The molecule has 0 bridgehead atoms. The van der Waals surface area contributed by atoms with Crippen molar-refractivity contribution in [2.24, 2.45) is 5.10 Å². The molecule has 3 N–H and O–H groups in total. The number of carbonyl (C=O) groups is 1. The molecule has 190 valence electrons. The highest BCUT2D eigenvalue weighted by molar-refractivity contribution is 7.99. The molecule has 9 nitrogen and oxygen atoms in total. The molecule has 0 fully saturated rings. The van der Waals surface area contributed by atoms with Crippen LogP contribution in [0.25, 0.3) is 15.9 Å². The Morgan fingerprint density at radius 1 is 1.19 bits per heavy atom. The number of thioether (sulfide) groups is 1. The van der Waals surface area contributed by atoms with Crippen LogP contribution in [0.4, 0.5) is 0 Å². The minimum Gasteiger partial charge on any atom is -0.504 e. The minimum absolute atomic E-state index is 0.0165. The molecule has 0 saturated heterocycles. The number of methoxy groups -OCH3 is 1. The van der Waals surface area contributed by atoms with Crippen LogP contribution in [-0.2, 0) is 17.6 Å². The third-order valence-electron chi connectivity index (χ3n) is 6.02. The summed E-state index contributed by atoms with van der Waals surface area (Å²) in [7, 11) is 1.58. The standard InChI is InChI=1S/C26H24N4O5S2/c1-35-17-9-7-16(8-10-17)30-25(34)23-18-4-2-3-5-21(18)37-24(23)28-26(30)36-14-22(33)29-27-13-15-6-11-19(31)20(32)12-15/h6-13,31-32H,2-5,14H2,1H3,(H,29,33)/b27-13+. The molecule has 0 spiro atoms. The number of hydrogen-bond donors (Lipinski definition) is 3. The van der Waals surface area contributed by atoms with Crippen molar-refractivity contribution < 1.29 is 19.7 Å². The van der Waals surface area contributed by atoms with Crippen LogP contribution in [0.15, 0.2) is 57.5 Å². The van der Waals surface area contributed by atoms with Crippen molar-refractivity contribution in [1.29, 1.82) is 0 Å². The van der Waals surface area contributed by atoms with E-state index in [0.29, 0.717) is 32.4 Å². The van der Waals surface area contributed by atoms with Crippen LogP contribution in [0.1, 0.15) is 28.8 Å². The number of fused-ring (bicyclic) bond motifs is 3. The number of ether oxygens (including phenoxy) is 1. The van der Waals surface area contributed by atoms with Gasteiger partial charge in [0, 0.05) is 4.88 Å². The van der Waals surface area contributed by atoms with E-state index in [9.17, 15) is 19.8 Å². The summed E-state index contributed by atoms with van der Waals surface area (Å²) in [6, 6.07) is 11.4. The lowest BCUT2D eigenvalue weighted by Gasteiger charge is -2.14. The highest BCUT2D eigenvalue weighted by Gasteiger charge is 2.23. The van der Waals surface area contributed by atoms with E-state index in [0.717, 1.165) is 43.0 Å². The van der Waals surface area contributed by atoms with E-state index in [1.54, 1.807) is 53.3 Å². The largest absolute Gasteiger partial charge is 0.504 e. The van der Waals surface area contributed by atoms with Crippen molar-refractivity contribution in [2.75, 3.05) is 12.9 Å². The van der Waals surface area contributed by atoms with Gasteiger partial charge in [0.15, 0.2) is 16.7 Å². The molecule has 2 aromatic heterocycles. The van der Waals surface area contributed by atoms with Crippen molar-refractivity contribution in [3.8, 4) is 22.9 Å². The number of thiophene rings is 1. The van der Waals surface area contributed by atoms with Gasteiger partial charge in [-0.25, -0.2) is 10.4 Å². The number of nitrogens with zero attached hydrogens (tertiary/aromatic N) is 3. The van der Waals surface area contributed by atoms with Gasteiger partial charge in [0.05, 0.1) is 30.2 Å². The second kappa shape index (κ2) is 10.7. The number of aryl methyl sites for hydroxylation is 2. The summed E-state index contributed by atoms with van der Waals surface area (Å²) in [6.07, 6.45) is 5.36. The molecule has 2 aromatic carbocycles. The van der Waals surface area contributed by atoms with E-state index in [2.05, 4.69) is 10.5 Å². The Labute approximate surface area is 220 Å². The quantitative estimate of drug-likeness (QED) is 0.107. The number of rotatable bonds is 7. The zero-order valence-electron chi connectivity index (χ0n) is 19.9. The Morgan fingerprint density at radius 2 is 1.97 bits per heavy atom. The number of hydrogen-bond acceptors (Lipinski definition) is 9. The number of phenols is 2. The number of benzene rings is 2. The Balaban J connectivity index is 1.42. The number of phenolic OH excluding ortho intramolecular Hbond substituents is 2. The fourth-order valence-corrected chi connectivity index (χ4v) is 6.31. The summed E-state index contributed by atoms with van der Waals surface area (Å²) in [5.74, 6) is -0.245. The zero-order chi connectivity index (χ0) is 25.9. The fourth-order valence-electron chi connectivity index (χ4n) is 4.20. The maximum absolute atomic E-state index is 13.8. The average Bonchev–Trinajstić information content (AvgIpc) is 3.28. The molecular formula is C26H24N4O5S2. The van der Waals surface area contributed by atoms with Crippen LogP contribution in [0.5, 0.6) is 17.2 Å². The molecule has 1 aliphatic rings. The van der Waals surface area contributed by atoms with Crippen LogP contribution in [0, 0.1) is 0 Å². The Morgan fingerprint density at radius 3 is 2.73 bits per heavy atom. The van der Waals surface area contributed by atoms with Crippen LogP contribution >= 0.6 is 23.1 Å². The molecule has 2 heterocycles. The van der Waals surface area contributed by atoms with E-state index in [-0.39, 0.29) is 28.7 Å². The summed E-state index contributed by atoms with van der Waals surface area (Å²) in [6.45, 7) is 0. The van der Waals surface area contributed by atoms with Gasteiger partial charge < -0.3 is 14.9 Å². The SMILES string of the molecule is COc1ccc(-n2c(SCC(=O)N/N=C/c3ccc(O)c(O)c3)nc3sc4c(c3c2=O)CCCC4)cc1. The first-order chi connectivity index (χ1) is 17.9. The van der Waals surface area contributed by atoms with Gasteiger partial charge >= 0.3 is 0 Å². The first-order valence-electron chi connectivity index (χ1n) is 11.6. The van der Waals surface area contributed by atoms with Gasteiger partial charge in [-0.1, -0.05) is 11.8 Å². The van der Waals surface area contributed by atoms with Gasteiger partial charge in [0.1, 0.15) is 10.6 Å². The van der Waals surface area contributed by atoms with Crippen LogP contribution in [0.2, 0.25) is 0 Å². The van der Waals surface area contributed by atoms with Crippen LogP contribution < -0.4 is 15.7 Å². The fraction of sp³-hybridized carbons (Fsp3) is 0.231. The van der Waals surface area contributed by atoms with Crippen LogP contribution in [-0.4, -0.2) is 44.7 Å². The van der Waals surface area contributed by atoms with Crippen LogP contribution in [0.3, 0.4) is 0 Å². The minimum atomic E-state index is -0.384. The lowest BCUT2D eigenvalue weighted by molar-refractivity contribution is -0.118.